The number of carbonyl (C=O) groups is 1. The van der Waals surface area contributed by atoms with Gasteiger partial charge in [-0.15, -0.1) is 0 Å². The molecule has 2 aromatic carbocycles. The predicted molar refractivity (Wildman–Crippen MR) is 92.6 cm³/mol. The maximum absolute atomic E-state index is 12.2. The fourth-order valence-electron chi connectivity index (χ4n) is 2.92. The van der Waals surface area contributed by atoms with Gasteiger partial charge in [0.1, 0.15) is 19.0 Å². The van der Waals surface area contributed by atoms with Crippen LogP contribution in [-0.2, 0) is 16.1 Å². The van der Waals surface area contributed by atoms with E-state index in [9.17, 15) is 4.79 Å². The zero-order valence-corrected chi connectivity index (χ0v) is 14.3. The third-order valence-electron chi connectivity index (χ3n) is 4.36. The van der Waals surface area contributed by atoms with E-state index in [1.54, 1.807) is 24.3 Å². The minimum Gasteiger partial charge on any atom is -0.491 e. The van der Waals surface area contributed by atoms with Gasteiger partial charge in [-0.25, -0.2) is 4.79 Å². The smallest absolute Gasteiger partial charge is 0.338 e. The summed E-state index contributed by atoms with van der Waals surface area (Å²) in [6, 6.07) is 12.4. The zero-order chi connectivity index (χ0) is 17.8. The molecule has 1 fully saturated rings. The van der Waals surface area contributed by atoms with Crippen molar-refractivity contribution in [1.82, 2.24) is 0 Å². The van der Waals surface area contributed by atoms with E-state index in [0.717, 1.165) is 25.0 Å². The van der Waals surface area contributed by atoms with E-state index in [1.807, 2.05) is 18.2 Å². The van der Waals surface area contributed by atoms with Crippen molar-refractivity contribution in [3.8, 4) is 17.2 Å². The summed E-state index contributed by atoms with van der Waals surface area (Å²) < 4.78 is 27.2. The van der Waals surface area contributed by atoms with Crippen LogP contribution in [0.25, 0.3) is 0 Å². The van der Waals surface area contributed by atoms with Crippen LogP contribution in [0.4, 0.5) is 0 Å². The molecule has 2 aliphatic rings. The Hall–Kier alpha value is -2.73. The minimum atomic E-state index is -0.381. The third kappa shape index (κ3) is 3.91. The number of carbonyl (C=O) groups excluding carboxylic acids is 1. The summed E-state index contributed by atoms with van der Waals surface area (Å²) in [5.41, 5.74) is 1.33. The highest BCUT2D eigenvalue weighted by atomic mass is 16.7. The van der Waals surface area contributed by atoms with Crippen LogP contribution < -0.4 is 14.2 Å². The Kier molecular flexibility index (Phi) is 4.93. The van der Waals surface area contributed by atoms with Crippen LogP contribution in [0.15, 0.2) is 42.5 Å². The van der Waals surface area contributed by atoms with Crippen molar-refractivity contribution in [3.63, 3.8) is 0 Å². The van der Waals surface area contributed by atoms with Crippen molar-refractivity contribution in [1.29, 1.82) is 0 Å². The second-order valence-electron chi connectivity index (χ2n) is 6.23. The second kappa shape index (κ2) is 7.66. The molecule has 0 aromatic heterocycles. The molecule has 0 bridgehead atoms. The monoisotopic (exact) mass is 356 g/mol. The van der Waals surface area contributed by atoms with Crippen molar-refractivity contribution >= 4 is 5.97 Å². The summed E-state index contributed by atoms with van der Waals surface area (Å²) in [4.78, 5) is 12.2. The van der Waals surface area contributed by atoms with Gasteiger partial charge in [-0.05, 0) is 54.8 Å². The van der Waals surface area contributed by atoms with Gasteiger partial charge in [0.15, 0.2) is 11.5 Å². The molecule has 2 aliphatic heterocycles. The zero-order valence-electron chi connectivity index (χ0n) is 14.3. The topological polar surface area (TPSA) is 63.2 Å². The van der Waals surface area contributed by atoms with Gasteiger partial charge in [0.25, 0.3) is 0 Å². The first-order valence-corrected chi connectivity index (χ1v) is 8.68. The molecule has 0 amide bonds. The standard InChI is InChI=1S/C20H20O6/c21-20(24-11-14-3-8-18-19(10-14)26-13-25-18)15-4-6-16(7-5-15)23-12-17-2-1-9-22-17/h3-8,10,17H,1-2,9,11-13H2/t17-/m1/s1. The molecule has 6 heteroatoms. The molecule has 1 atom stereocenters. The van der Waals surface area contributed by atoms with Crippen LogP contribution in [0.5, 0.6) is 17.2 Å². The molecular weight excluding hydrogens is 336 g/mol. The fraction of sp³-hybridized carbons (Fsp3) is 0.350. The fourth-order valence-corrected chi connectivity index (χ4v) is 2.92. The van der Waals surface area contributed by atoms with Gasteiger partial charge in [0.05, 0.1) is 11.7 Å². The van der Waals surface area contributed by atoms with Gasteiger partial charge in [0.2, 0.25) is 6.79 Å². The van der Waals surface area contributed by atoms with Crippen molar-refractivity contribution in [2.45, 2.75) is 25.6 Å². The SMILES string of the molecule is O=C(OCc1ccc2c(c1)OCO2)c1ccc(OC[C@H]2CCCO2)cc1. The molecular formula is C20H20O6. The van der Waals surface area contributed by atoms with Crippen LogP contribution in [0.1, 0.15) is 28.8 Å². The van der Waals surface area contributed by atoms with Crippen molar-refractivity contribution in [2.24, 2.45) is 0 Å². The molecule has 136 valence electrons. The van der Waals surface area contributed by atoms with Gasteiger partial charge >= 0.3 is 5.97 Å². The Morgan fingerprint density at radius 1 is 1.08 bits per heavy atom. The van der Waals surface area contributed by atoms with Crippen LogP contribution in [0, 0.1) is 0 Å². The lowest BCUT2D eigenvalue weighted by Gasteiger charge is -2.11. The Balaban J connectivity index is 1.28. The molecule has 6 nitrogen and oxygen atoms in total. The van der Waals surface area contributed by atoms with E-state index in [-0.39, 0.29) is 25.5 Å². The summed E-state index contributed by atoms with van der Waals surface area (Å²) in [6.07, 6.45) is 2.29. The molecule has 0 aliphatic carbocycles. The molecule has 0 radical (unpaired) electrons. The third-order valence-corrected chi connectivity index (χ3v) is 4.36. The number of ether oxygens (including phenoxy) is 5. The summed E-state index contributed by atoms with van der Waals surface area (Å²) in [5.74, 6) is 1.71. The number of benzene rings is 2. The average Bonchev–Trinajstić information content (AvgIpc) is 3.36. The van der Waals surface area contributed by atoms with E-state index >= 15 is 0 Å². The lowest BCUT2D eigenvalue weighted by atomic mass is 10.2. The lowest BCUT2D eigenvalue weighted by Crippen LogP contribution is -2.16. The van der Waals surface area contributed by atoms with Crippen LogP contribution >= 0.6 is 0 Å². The van der Waals surface area contributed by atoms with Gasteiger partial charge in [-0.2, -0.15) is 0 Å². The van der Waals surface area contributed by atoms with E-state index < -0.39 is 0 Å². The molecule has 1 saturated heterocycles. The quantitative estimate of drug-likeness (QED) is 0.740. The molecule has 0 spiro atoms. The van der Waals surface area contributed by atoms with Gasteiger partial charge in [-0.3, -0.25) is 0 Å². The number of hydrogen-bond acceptors (Lipinski definition) is 6. The normalized spacial score (nSPS) is 17.9. The number of esters is 1. The van der Waals surface area contributed by atoms with Crippen molar-refractivity contribution in [2.75, 3.05) is 20.0 Å². The van der Waals surface area contributed by atoms with E-state index in [2.05, 4.69) is 0 Å². The first kappa shape index (κ1) is 16.7. The molecule has 0 N–H and O–H groups in total. The summed E-state index contributed by atoms with van der Waals surface area (Å²) in [7, 11) is 0. The van der Waals surface area contributed by atoms with Crippen LogP contribution in [0.3, 0.4) is 0 Å². The van der Waals surface area contributed by atoms with Crippen LogP contribution in [0.2, 0.25) is 0 Å². The Morgan fingerprint density at radius 2 is 1.92 bits per heavy atom. The maximum atomic E-state index is 12.2. The highest BCUT2D eigenvalue weighted by Gasteiger charge is 2.17. The first-order valence-electron chi connectivity index (χ1n) is 8.68. The van der Waals surface area contributed by atoms with E-state index in [0.29, 0.717) is 29.4 Å². The number of rotatable bonds is 6. The van der Waals surface area contributed by atoms with E-state index in [4.69, 9.17) is 23.7 Å². The maximum Gasteiger partial charge on any atom is 0.338 e. The van der Waals surface area contributed by atoms with Crippen molar-refractivity contribution in [3.05, 3.63) is 53.6 Å². The highest BCUT2D eigenvalue weighted by molar-refractivity contribution is 5.89. The van der Waals surface area contributed by atoms with Crippen LogP contribution in [-0.4, -0.2) is 32.1 Å². The summed E-state index contributed by atoms with van der Waals surface area (Å²) in [5, 5.41) is 0. The molecule has 2 heterocycles. The Labute approximate surface area is 151 Å². The Bertz CT molecular complexity index is 764. The van der Waals surface area contributed by atoms with Gasteiger partial charge in [-0.1, -0.05) is 6.07 Å². The minimum absolute atomic E-state index is 0.168. The summed E-state index contributed by atoms with van der Waals surface area (Å²) >= 11 is 0. The second-order valence-corrected chi connectivity index (χ2v) is 6.23. The number of hydrogen-bond donors (Lipinski definition) is 0. The highest BCUT2D eigenvalue weighted by Crippen LogP contribution is 2.32. The average molecular weight is 356 g/mol. The first-order chi connectivity index (χ1) is 12.8. The molecule has 0 saturated carbocycles. The Morgan fingerprint density at radius 3 is 2.73 bits per heavy atom. The lowest BCUT2D eigenvalue weighted by molar-refractivity contribution is 0.0472. The van der Waals surface area contributed by atoms with Gasteiger partial charge < -0.3 is 23.7 Å². The number of fused-ring (bicyclic) bond motifs is 1. The molecule has 26 heavy (non-hydrogen) atoms. The largest absolute Gasteiger partial charge is 0.491 e. The predicted octanol–water partition coefficient (Wildman–Crippen LogP) is 3.33. The molecule has 2 aromatic rings. The van der Waals surface area contributed by atoms with Gasteiger partial charge in [0, 0.05) is 6.61 Å². The van der Waals surface area contributed by atoms with Crippen molar-refractivity contribution < 1.29 is 28.5 Å². The molecule has 4 rings (SSSR count). The molecule has 0 unspecified atom stereocenters. The van der Waals surface area contributed by atoms with E-state index in [1.165, 1.54) is 0 Å². The summed E-state index contributed by atoms with van der Waals surface area (Å²) in [6.45, 7) is 1.74.